The Morgan fingerprint density at radius 2 is 1.85 bits per heavy atom. The van der Waals surface area contributed by atoms with Gasteiger partial charge >= 0.3 is 5.97 Å². The lowest BCUT2D eigenvalue weighted by Gasteiger charge is -2.26. The third-order valence-corrected chi connectivity index (χ3v) is 6.05. The van der Waals surface area contributed by atoms with E-state index >= 15 is 0 Å². The highest BCUT2D eigenvalue weighted by atomic mass is 32.2. The number of fused-ring (bicyclic) bond motifs is 1. The highest BCUT2D eigenvalue weighted by molar-refractivity contribution is 7.98. The van der Waals surface area contributed by atoms with Crippen molar-refractivity contribution in [2.75, 3.05) is 12.9 Å². The molecule has 0 fully saturated rings. The fourth-order valence-electron chi connectivity index (χ4n) is 3.65. The Morgan fingerprint density at radius 1 is 1.15 bits per heavy atom. The lowest BCUT2D eigenvalue weighted by Crippen LogP contribution is -2.21. The van der Waals surface area contributed by atoms with Gasteiger partial charge < -0.3 is 19.9 Å². The van der Waals surface area contributed by atoms with Crippen molar-refractivity contribution in [3.8, 4) is 23.3 Å². The number of rotatable bonds is 7. The number of carbonyl (C=O) groups excluding carboxylic acids is 1. The summed E-state index contributed by atoms with van der Waals surface area (Å²) in [4.78, 5) is 13.7. The molecule has 1 unspecified atom stereocenters. The average Bonchev–Trinajstić information content (AvgIpc) is 2.87. The van der Waals surface area contributed by atoms with Gasteiger partial charge in [-0.2, -0.15) is 5.26 Å². The number of ether oxygens (including phenoxy) is 3. The summed E-state index contributed by atoms with van der Waals surface area (Å²) in [6, 6.07) is 21.9. The number of nitrogens with two attached hydrogens (primary N) is 1. The van der Waals surface area contributed by atoms with Crippen LogP contribution in [0.1, 0.15) is 27.4 Å². The Morgan fingerprint density at radius 3 is 2.50 bits per heavy atom. The van der Waals surface area contributed by atoms with Crippen molar-refractivity contribution in [1.82, 2.24) is 0 Å². The van der Waals surface area contributed by atoms with E-state index in [1.54, 1.807) is 60.3 Å². The van der Waals surface area contributed by atoms with Gasteiger partial charge in [-0.1, -0.05) is 30.9 Å². The second kappa shape index (κ2) is 10.2. The topological polar surface area (TPSA) is 94.6 Å². The Hall–Kier alpha value is -4.15. The van der Waals surface area contributed by atoms with Crippen LogP contribution in [-0.4, -0.2) is 18.8 Å². The Bertz CT molecular complexity index is 1290. The van der Waals surface area contributed by atoms with Crippen LogP contribution in [0.5, 0.6) is 17.2 Å². The van der Waals surface area contributed by atoms with Gasteiger partial charge in [0, 0.05) is 16.5 Å². The van der Waals surface area contributed by atoms with Crippen LogP contribution in [0, 0.1) is 11.3 Å². The molecule has 170 valence electrons. The van der Waals surface area contributed by atoms with Gasteiger partial charge in [0.2, 0.25) is 5.88 Å². The second-order valence-corrected chi connectivity index (χ2v) is 8.29. The quantitative estimate of drug-likeness (QED) is 0.213. The molecule has 7 heteroatoms. The Balaban J connectivity index is 1.59. The molecule has 0 aromatic heterocycles. The largest absolute Gasteiger partial charge is 0.490 e. The molecule has 1 aliphatic rings. The molecule has 2 N–H and O–H groups in total. The number of esters is 1. The van der Waals surface area contributed by atoms with Crippen molar-refractivity contribution < 1.29 is 19.0 Å². The van der Waals surface area contributed by atoms with Crippen molar-refractivity contribution in [3.05, 3.63) is 108 Å². The maximum Gasteiger partial charge on any atom is 0.343 e. The molecule has 0 saturated heterocycles. The molecule has 0 radical (unpaired) electrons. The monoisotopic (exact) mass is 470 g/mol. The van der Waals surface area contributed by atoms with Crippen LogP contribution in [0.3, 0.4) is 0 Å². The number of benzene rings is 3. The molecule has 1 atom stereocenters. The Kier molecular flexibility index (Phi) is 6.90. The number of hydrogen-bond donors (Lipinski definition) is 1. The molecule has 0 saturated carbocycles. The van der Waals surface area contributed by atoms with Crippen molar-refractivity contribution in [1.29, 1.82) is 5.26 Å². The molecule has 0 amide bonds. The molecule has 3 aromatic rings. The predicted molar refractivity (Wildman–Crippen MR) is 131 cm³/mol. The number of allylic oxidation sites excluding steroid dienone is 1. The highest BCUT2D eigenvalue weighted by Crippen LogP contribution is 2.43. The molecule has 0 aliphatic carbocycles. The maximum absolute atomic E-state index is 12.6. The summed E-state index contributed by atoms with van der Waals surface area (Å²) in [6.07, 6.45) is 3.65. The van der Waals surface area contributed by atoms with Gasteiger partial charge in [-0.25, -0.2) is 4.79 Å². The van der Waals surface area contributed by atoms with Crippen LogP contribution >= 0.6 is 11.8 Å². The summed E-state index contributed by atoms with van der Waals surface area (Å²) in [5.74, 6) is 0.515. The van der Waals surface area contributed by atoms with E-state index in [0.29, 0.717) is 35.0 Å². The van der Waals surface area contributed by atoms with Crippen LogP contribution in [-0.2, 0) is 0 Å². The van der Waals surface area contributed by atoms with Gasteiger partial charge in [-0.15, -0.1) is 11.8 Å². The van der Waals surface area contributed by atoms with Crippen molar-refractivity contribution in [2.24, 2.45) is 5.73 Å². The van der Waals surface area contributed by atoms with Gasteiger partial charge in [0.15, 0.2) is 0 Å². The molecule has 6 nitrogen and oxygen atoms in total. The normalized spacial score (nSPS) is 14.4. The minimum absolute atomic E-state index is 0.0348. The SMILES string of the molecule is C=CCOc1ccc(C(=O)Oc2ccc3c(c2)OC(N)=C(C#N)C3c2ccc(SC)cc2)cc1. The molecule has 34 heavy (non-hydrogen) atoms. The molecule has 0 bridgehead atoms. The van der Waals surface area contributed by atoms with Crippen LogP contribution in [0.25, 0.3) is 0 Å². The molecular weight excluding hydrogens is 448 g/mol. The first kappa shape index (κ1) is 23.0. The van der Waals surface area contributed by atoms with E-state index in [-0.39, 0.29) is 11.8 Å². The fourth-order valence-corrected chi connectivity index (χ4v) is 4.06. The second-order valence-electron chi connectivity index (χ2n) is 7.41. The van der Waals surface area contributed by atoms with E-state index < -0.39 is 5.97 Å². The van der Waals surface area contributed by atoms with Gasteiger partial charge in [-0.3, -0.25) is 0 Å². The van der Waals surface area contributed by atoms with Crippen LogP contribution in [0.4, 0.5) is 0 Å². The van der Waals surface area contributed by atoms with Crippen LogP contribution in [0.2, 0.25) is 0 Å². The van der Waals surface area contributed by atoms with E-state index in [2.05, 4.69) is 12.6 Å². The minimum atomic E-state index is -0.517. The van der Waals surface area contributed by atoms with E-state index in [1.807, 2.05) is 30.5 Å². The highest BCUT2D eigenvalue weighted by Gasteiger charge is 2.31. The number of carbonyl (C=O) groups is 1. The molecule has 3 aromatic carbocycles. The van der Waals surface area contributed by atoms with Crippen molar-refractivity contribution in [2.45, 2.75) is 10.8 Å². The van der Waals surface area contributed by atoms with E-state index in [4.69, 9.17) is 19.9 Å². The third-order valence-electron chi connectivity index (χ3n) is 5.31. The van der Waals surface area contributed by atoms with Crippen molar-refractivity contribution >= 4 is 17.7 Å². The zero-order valence-corrected chi connectivity index (χ0v) is 19.3. The van der Waals surface area contributed by atoms with E-state index in [1.165, 1.54) is 0 Å². The number of nitriles is 1. The molecule has 4 rings (SSSR count). The van der Waals surface area contributed by atoms with Gasteiger partial charge in [0.25, 0.3) is 0 Å². The predicted octanol–water partition coefficient (Wildman–Crippen LogP) is 5.41. The van der Waals surface area contributed by atoms with Gasteiger partial charge in [-0.05, 0) is 54.3 Å². The summed E-state index contributed by atoms with van der Waals surface area (Å²) < 4.78 is 16.7. The summed E-state index contributed by atoms with van der Waals surface area (Å²) in [5.41, 5.74) is 8.49. The smallest absolute Gasteiger partial charge is 0.343 e. The first-order valence-electron chi connectivity index (χ1n) is 10.5. The zero-order chi connectivity index (χ0) is 24.1. The lowest BCUT2D eigenvalue weighted by atomic mass is 9.83. The number of hydrogen-bond acceptors (Lipinski definition) is 7. The molecular formula is C27H22N2O4S. The number of nitrogens with zero attached hydrogens (tertiary/aromatic N) is 1. The lowest BCUT2D eigenvalue weighted by molar-refractivity contribution is 0.0734. The van der Waals surface area contributed by atoms with Crippen LogP contribution in [0.15, 0.2) is 95.7 Å². The van der Waals surface area contributed by atoms with Crippen molar-refractivity contribution in [3.63, 3.8) is 0 Å². The third kappa shape index (κ3) is 4.77. The van der Waals surface area contributed by atoms with E-state index in [0.717, 1.165) is 16.0 Å². The van der Waals surface area contributed by atoms with Crippen LogP contribution < -0.4 is 19.9 Å². The van der Waals surface area contributed by atoms with E-state index in [9.17, 15) is 10.1 Å². The average molecular weight is 471 g/mol. The maximum atomic E-state index is 12.6. The summed E-state index contributed by atoms with van der Waals surface area (Å²) >= 11 is 1.64. The first-order valence-corrected chi connectivity index (χ1v) is 11.7. The standard InChI is InChI=1S/C27H22N2O4S/c1-3-14-31-19-8-4-18(5-9-19)27(30)32-20-10-13-22-24(15-20)33-26(29)23(16-28)25(22)17-6-11-21(34-2)12-7-17/h3-13,15,25H,1,14,29H2,2H3. The summed E-state index contributed by atoms with van der Waals surface area (Å²) in [6.45, 7) is 3.99. The number of thioether (sulfide) groups is 1. The minimum Gasteiger partial charge on any atom is -0.490 e. The summed E-state index contributed by atoms with van der Waals surface area (Å²) in [7, 11) is 0. The first-order chi connectivity index (χ1) is 16.5. The Labute approximate surface area is 202 Å². The van der Waals surface area contributed by atoms with Gasteiger partial charge in [0.1, 0.15) is 35.5 Å². The molecule has 1 aliphatic heterocycles. The fraction of sp³-hybridized carbons (Fsp3) is 0.111. The van der Waals surface area contributed by atoms with Gasteiger partial charge in [0.05, 0.1) is 11.5 Å². The zero-order valence-electron chi connectivity index (χ0n) is 18.5. The summed E-state index contributed by atoms with van der Waals surface area (Å²) in [5, 5.41) is 9.73. The molecule has 1 heterocycles. The molecule has 0 spiro atoms.